The Labute approximate surface area is 152 Å². The van der Waals surface area contributed by atoms with Crippen molar-refractivity contribution in [1.82, 2.24) is 0 Å². The SMILES string of the molecule is O=P(O)(O)OC[C@H]1O[C@H](O[C@@H]2C(O)O[C@H](CO)[C@@H](O)[C@@H]2O)[C@@H](O)[C@@H](O)[C@@H]1O. The third-order valence-electron chi connectivity index (χ3n) is 4.21. The van der Waals surface area contributed by atoms with Gasteiger partial charge in [-0.05, 0) is 0 Å². The third-order valence-corrected chi connectivity index (χ3v) is 4.69. The number of hydrogen-bond acceptors (Lipinski definition) is 12. The maximum atomic E-state index is 10.8. The van der Waals surface area contributed by atoms with Crippen LogP contribution in [-0.2, 0) is 23.3 Å². The Balaban J connectivity index is 2.08. The van der Waals surface area contributed by atoms with Crippen LogP contribution in [0.25, 0.3) is 0 Å². The molecule has 2 rings (SSSR count). The van der Waals surface area contributed by atoms with Crippen LogP contribution < -0.4 is 0 Å². The molecule has 1 unspecified atom stereocenters. The molecule has 2 aliphatic heterocycles. The molecule has 2 aliphatic rings. The van der Waals surface area contributed by atoms with Gasteiger partial charge in [0.05, 0.1) is 13.2 Å². The first-order chi connectivity index (χ1) is 12.5. The number of phosphoric ester groups is 1. The standard InChI is InChI=1S/C12H23O14P/c13-1-3-5(14)8(17)10(11(19)24-3)26-12-9(18)7(16)6(15)4(25-12)2-23-27(20,21)22/h3-19H,1-2H2,(H2,20,21,22)/t3-,4-,5-,6-,7+,8+,9+,10+,11?,12-/m1/s1. The highest BCUT2D eigenvalue weighted by Gasteiger charge is 2.50. The van der Waals surface area contributed by atoms with Crippen LogP contribution in [-0.4, -0.2) is 120 Å². The van der Waals surface area contributed by atoms with E-state index in [4.69, 9.17) is 29.1 Å². The van der Waals surface area contributed by atoms with Crippen LogP contribution in [0.3, 0.4) is 0 Å². The zero-order chi connectivity index (χ0) is 20.5. The molecular weight excluding hydrogens is 399 g/mol. The van der Waals surface area contributed by atoms with E-state index in [0.717, 1.165) is 0 Å². The average Bonchev–Trinajstić information content (AvgIpc) is 2.59. The molecule has 0 aliphatic carbocycles. The van der Waals surface area contributed by atoms with Crippen LogP contribution in [0.15, 0.2) is 0 Å². The molecule has 15 heteroatoms. The van der Waals surface area contributed by atoms with Crippen LogP contribution in [0.2, 0.25) is 0 Å². The van der Waals surface area contributed by atoms with E-state index >= 15 is 0 Å². The zero-order valence-corrected chi connectivity index (χ0v) is 14.6. The van der Waals surface area contributed by atoms with E-state index in [9.17, 15) is 35.2 Å². The molecule has 0 aromatic heterocycles. The molecule has 0 aromatic rings. The molecule has 0 aromatic carbocycles. The second kappa shape index (κ2) is 9.02. The van der Waals surface area contributed by atoms with Crippen molar-refractivity contribution in [3.63, 3.8) is 0 Å². The first-order valence-electron chi connectivity index (χ1n) is 7.82. The Morgan fingerprint density at radius 2 is 1.41 bits per heavy atom. The van der Waals surface area contributed by atoms with E-state index in [1.54, 1.807) is 0 Å². The van der Waals surface area contributed by atoms with Gasteiger partial charge in [-0.2, -0.15) is 0 Å². The van der Waals surface area contributed by atoms with Gasteiger partial charge in [0.2, 0.25) is 0 Å². The molecule has 27 heavy (non-hydrogen) atoms. The smallest absolute Gasteiger partial charge is 0.394 e. The minimum absolute atomic E-state index is 0.711. The van der Waals surface area contributed by atoms with Crippen LogP contribution >= 0.6 is 7.82 Å². The Bertz CT molecular complexity index is 528. The van der Waals surface area contributed by atoms with Gasteiger partial charge in [-0.15, -0.1) is 0 Å². The van der Waals surface area contributed by atoms with Gasteiger partial charge in [0, 0.05) is 0 Å². The maximum absolute atomic E-state index is 10.8. The molecule has 160 valence electrons. The quantitative estimate of drug-likeness (QED) is 0.182. The fourth-order valence-electron chi connectivity index (χ4n) is 2.71. The van der Waals surface area contributed by atoms with Crippen LogP contribution in [0.4, 0.5) is 0 Å². The summed E-state index contributed by atoms with van der Waals surface area (Å²) in [4.78, 5) is 17.4. The minimum atomic E-state index is -4.92. The lowest BCUT2D eigenvalue weighted by Gasteiger charge is -2.45. The second-order valence-electron chi connectivity index (χ2n) is 6.13. The predicted molar refractivity (Wildman–Crippen MR) is 79.5 cm³/mol. The molecule has 0 bridgehead atoms. The summed E-state index contributed by atoms with van der Waals surface area (Å²) in [5, 5.41) is 68.4. The van der Waals surface area contributed by atoms with Crippen molar-refractivity contribution in [2.24, 2.45) is 0 Å². The molecule has 0 saturated carbocycles. The van der Waals surface area contributed by atoms with Crippen LogP contribution in [0.1, 0.15) is 0 Å². The monoisotopic (exact) mass is 422 g/mol. The van der Waals surface area contributed by atoms with Gasteiger partial charge in [-0.1, -0.05) is 0 Å². The van der Waals surface area contributed by atoms with E-state index in [2.05, 4.69) is 4.52 Å². The first-order valence-corrected chi connectivity index (χ1v) is 9.35. The number of hydrogen-bond donors (Lipinski definition) is 9. The summed E-state index contributed by atoms with van der Waals surface area (Å²) >= 11 is 0. The van der Waals surface area contributed by atoms with E-state index in [0.29, 0.717) is 0 Å². The van der Waals surface area contributed by atoms with Gasteiger partial charge in [-0.25, -0.2) is 4.57 Å². The lowest BCUT2D eigenvalue weighted by atomic mass is 9.97. The number of aliphatic hydroxyl groups excluding tert-OH is 7. The molecule has 0 radical (unpaired) electrons. The molecule has 10 atom stereocenters. The Hall–Kier alpha value is -0.290. The highest BCUT2D eigenvalue weighted by atomic mass is 31.2. The molecule has 2 saturated heterocycles. The Kier molecular flexibility index (Phi) is 7.68. The van der Waals surface area contributed by atoms with Crippen LogP contribution in [0.5, 0.6) is 0 Å². The average molecular weight is 422 g/mol. The van der Waals surface area contributed by atoms with Gasteiger partial charge in [0.15, 0.2) is 12.6 Å². The molecule has 0 spiro atoms. The fourth-order valence-corrected chi connectivity index (χ4v) is 3.05. The summed E-state index contributed by atoms with van der Waals surface area (Å²) in [5.74, 6) is 0. The lowest BCUT2D eigenvalue weighted by Crippen LogP contribution is -2.64. The molecule has 14 nitrogen and oxygen atoms in total. The maximum Gasteiger partial charge on any atom is 0.469 e. The molecule has 0 amide bonds. The third kappa shape index (κ3) is 5.41. The number of phosphoric acid groups is 1. The lowest BCUT2D eigenvalue weighted by molar-refractivity contribution is -0.361. The van der Waals surface area contributed by atoms with Crippen molar-refractivity contribution in [3.8, 4) is 0 Å². The van der Waals surface area contributed by atoms with Crippen molar-refractivity contribution < 1.29 is 68.8 Å². The van der Waals surface area contributed by atoms with Gasteiger partial charge in [0.1, 0.15) is 48.8 Å². The summed E-state index contributed by atoms with van der Waals surface area (Å²) in [6, 6.07) is 0. The van der Waals surface area contributed by atoms with Crippen LogP contribution in [0, 0.1) is 0 Å². The molecular formula is C12H23O14P. The molecule has 2 fully saturated rings. The normalized spacial score (nSPS) is 46.4. The highest BCUT2D eigenvalue weighted by Crippen LogP contribution is 2.37. The predicted octanol–water partition coefficient (Wildman–Crippen LogP) is -5.28. The Morgan fingerprint density at radius 1 is 0.815 bits per heavy atom. The summed E-state index contributed by atoms with van der Waals surface area (Å²) in [6.07, 6.45) is -17.2. The van der Waals surface area contributed by atoms with Gasteiger partial charge in [0.25, 0.3) is 0 Å². The summed E-state index contributed by atoms with van der Waals surface area (Å²) in [7, 11) is -4.92. The number of rotatable bonds is 6. The van der Waals surface area contributed by atoms with E-state index in [1.165, 1.54) is 0 Å². The van der Waals surface area contributed by atoms with E-state index in [1.807, 2.05) is 0 Å². The van der Waals surface area contributed by atoms with Crippen molar-refractivity contribution in [2.45, 2.75) is 61.4 Å². The zero-order valence-electron chi connectivity index (χ0n) is 13.7. The summed E-state index contributed by atoms with van der Waals surface area (Å²) < 4.78 is 30.1. The minimum Gasteiger partial charge on any atom is -0.394 e. The van der Waals surface area contributed by atoms with Gasteiger partial charge < -0.3 is 59.7 Å². The van der Waals surface area contributed by atoms with Gasteiger partial charge >= 0.3 is 7.82 Å². The highest BCUT2D eigenvalue weighted by molar-refractivity contribution is 7.46. The number of aliphatic hydroxyl groups is 7. The first kappa shape index (κ1) is 23.0. The molecule has 2 heterocycles. The topological polar surface area (TPSA) is 236 Å². The number of ether oxygens (including phenoxy) is 3. The Morgan fingerprint density at radius 3 is 1.96 bits per heavy atom. The van der Waals surface area contributed by atoms with E-state index < -0.39 is 82.4 Å². The van der Waals surface area contributed by atoms with Crippen molar-refractivity contribution in [3.05, 3.63) is 0 Å². The largest absolute Gasteiger partial charge is 0.469 e. The van der Waals surface area contributed by atoms with Gasteiger partial charge in [-0.3, -0.25) is 4.52 Å². The summed E-state index contributed by atoms with van der Waals surface area (Å²) in [6.45, 7) is -1.59. The van der Waals surface area contributed by atoms with Crippen molar-refractivity contribution in [2.75, 3.05) is 13.2 Å². The van der Waals surface area contributed by atoms with E-state index in [-0.39, 0.29) is 0 Å². The second-order valence-corrected chi connectivity index (χ2v) is 7.37. The summed E-state index contributed by atoms with van der Waals surface area (Å²) in [5.41, 5.74) is 0. The fraction of sp³-hybridized carbons (Fsp3) is 1.00. The molecule has 9 N–H and O–H groups in total. The van der Waals surface area contributed by atoms with Crippen molar-refractivity contribution >= 4 is 7.82 Å². The van der Waals surface area contributed by atoms with Crippen molar-refractivity contribution in [1.29, 1.82) is 0 Å².